The van der Waals surface area contributed by atoms with Gasteiger partial charge in [-0.1, -0.05) is 29.3 Å². The van der Waals surface area contributed by atoms with E-state index in [9.17, 15) is 9.90 Å². The molecule has 0 aliphatic carbocycles. The second-order valence-electron chi connectivity index (χ2n) is 8.89. The molecule has 2 aliphatic rings. The van der Waals surface area contributed by atoms with Crippen LogP contribution in [0.5, 0.6) is 5.88 Å². The van der Waals surface area contributed by atoms with Crippen molar-refractivity contribution in [2.24, 2.45) is 0 Å². The van der Waals surface area contributed by atoms with Crippen LogP contribution in [0.4, 0.5) is 23.0 Å². The predicted octanol–water partition coefficient (Wildman–Crippen LogP) is 4.16. The fourth-order valence-electron chi connectivity index (χ4n) is 4.42. The Hall–Kier alpha value is -3.11. The summed E-state index contributed by atoms with van der Waals surface area (Å²) in [5, 5.41) is 13.9. The maximum Gasteiger partial charge on any atom is 0.268 e. The van der Waals surface area contributed by atoms with Crippen molar-refractivity contribution >= 4 is 52.1 Å². The number of aromatic nitrogens is 2. The monoisotopic (exact) mass is 528 g/mol. The van der Waals surface area contributed by atoms with E-state index in [1.807, 2.05) is 18.2 Å². The number of benzene rings is 2. The molecule has 36 heavy (non-hydrogen) atoms. The molecule has 0 saturated carbocycles. The normalized spacial score (nSPS) is 18.1. The number of amides is 1. The molecule has 3 heterocycles. The number of hydrogen-bond acceptors (Lipinski definition) is 8. The van der Waals surface area contributed by atoms with Gasteiger partial charge in [-0.2, -0.15) is 4.98 Å². The zero-order valence-electron chi connectivity index (χ0n) is 19.9. The third kappa shape index (κ3) is 4.67. The van der Waals surface area contributed by atoms with Crippen molar-refractivity contribution in [3.8, 4) is 5.88 Å². The molecule has 188 valence electrons. The van der Waals surface area contributed by atoms with Gasteiger partial charge in [0.05, 0.1) is 22.3 Å². The van der Waals surface area contributed by atoms with Crippen LogP contribution in [-0.2, 0) is 6.61 Å². The highest BCUT2D eigenvalue weighted by atomic mass is 35.5. The first-order valence-electron chi connectivity index (χ1n) is 11.6. The minimum absolute atomic E-state index is 0.0848. The number of aliphatic hydroxyl groups is 1. The lowest BCUT2D eigenvalue weighted by molar-refractivity contribution is 0.0932. The fourth-order valence-corrected chi connectivity index (χ4v) is 5.02. The standard InChI is InChI=1S/C25H26Cl2N6O3/c1-15-12-32(9-8-31(15)2)21-7-6-17(10-16(21)13-34)29-25-28-11-18-23(30-25)36-14-33(24(18)35)22-19(26)4-3-5-20(22)27/h3-7,10-11,15,34H,8-9,12-14H2,1-2H3,(H,28,29,30)/t15-/m1/s1. The number of fused-ring (bicyclic) bond motifs is 1. The summed E-state index contributed by atoms with van der Waals surface area (Å²) in [4.78, 5) is 27.8. The minimum atomic E-state index is -0.355. The SMILES string of the molecule is C[C@@H]1CN(c2ccc(Nc3ncc4c(n3)OCN(c3c(Cl)cccc3Cl)C4=O)cc2CO)CCN1C. The predicted molar refractivity (Wildman–Crippen MR) is 141 cm³/mol. The Balaban J connectivity index is 1.35. The summed E-state index contributed by atoms with van der Waals surface area (Å²) in [5.41, 5.74) is 3.13. The van der Waals surface area contributed by atoms with Crippen LogP contribution in [0.25, 0.3) is 0 Å². The van der Waals surface area contributed by atoms with Gasteiger partial charge in [0, 0.05) is 48.8 Å². The molecule has 2 aromatic carbocycles. The highest BCUT2D eigenvalue weighted by Gasteiger charge is 2.31. The quantitative estimate of drug-likeness (QED) is 0.509. The molecule has 2 N–H and O–H groups in total. The van der Waals surface area contributed by atoms with Crippen molar-refractivity contribution in [3.05, 3.63) is 63.8 Å². The Morgan fingerprint density at radius 2 is 1.97 bits per heavy atom. The van der Waals surface area contributed by atoms with E-state index in [1.54, 1.807) is 18.2 Å². The molecule has 2 aliphatic heterocycles. The Morgan fingerprint density at radius 1 is 1.19 bits per heavy atom. The zero-order valence-corrected chi connectivity index (χ0v) is 21.4. The van der Waals surface area contributed by atoms with E-state index in [1.165, 1.54) is 11.1 Å². The van der Waals surface area contributed by atoms with E-state index in [0.29, 0.717) is 21.8 Å². The highest BCUT2D eigenvalue weighted by molar-refractivity contribution is 6.40. The van der Waals surface area contributed by atoms with Crippen LogP contribution in [0.1, 0.15) is 22.8 Å². The summed E-state index contributed by atoms with van der Waals surface area (Å²) in [6.45, 7) is 4.78. The first-order valence-corrected chi connectivity index (χ1v) is 12.3. The van der Waals surface area contributed by atoms with E-state index in [0.717, 1.165) is 36.6 Å². The van der Waals surface area contributed by atoms with E-state index in [2.05, 4.69) is 39.1 Å². The number of anilines is 4. The number of halogens is 2. The summed E-state index contributed by atoms with van der Waals surface area (Å²) in [6, 6.07) is 11.3. The summed E-state index contributed by atoms with van der Waals surface area (Å²) < 4.78 is 5.76. The van der Waals surface area contributed by atoms with Gasteiger partial charge in [0.15, 0.2) is 6.73 Å². The smallest absolute Gasteiger partial charge is 0.268 e. The largest absolute Gasteiger partial charge is 0.455 e. The van der Waals surface area contributed by atoms with Gasteiger partial charge in [-0.25, -0.2) is 4.98 Å². The number of carbonyl (C=O) groups is 1. The lowest BCUT2D eigenvalue weighted by atomic mass is 10.1. The van der Waals surface area contributed by atoms with Crippen LogP contribution in [-0.4, -0.2) is 65.3 Å². The third-order valence-corrected chi connectivity index (χ3v) is 7.18. The minimum Gasteiger partial charge on any atom is -0.455 e. The summed E-state index contributed by atoms with van der Waals surface area (Å²) in [5.74, 6) is 0.0871. The van der Waals surface area contributed by atoms with Crippen LogP contribution >= 0.6 is 23.2 Å². The van der Waals surface area contributed by atoms with Crippen LogP contribution < -0.4 is 19.9 Å². The molecule has 1 atom stereocenters. The molecule has 5 rings (SSSR count). The number of ether oxygens (including phenoxy) is 1. The molecule has 11 heteroatoms. The lowest BCUT2D eigenvalue weighted by Crippen LogP contribution is -2.50. The number of rotatable bonds is 5. The average molecular weight is 529 g/mol. The van der Waals surface area contributed by atoms with Crippen molar-refractivity contribution in [1.29, 1.82) is 0 Å². The molecule has 0 bridgehead atoms. The summed E-state index contributed by atoms with van der Waals surface area (Å²) >= 11 is 12.5. The molecule has 1 aromatic heterocycles. The van der Waals surface area contributed by atoms with Crippen LogP contribution in [0.2, 0.25) is 10.0 Å². The summed E-state index contributed by atoms with van der Waals surface area (Å²) in [7, 11) is 2.13. The zero-order chi connectivity index (χ0) is 25.4. The average Bonchev–Trinajstić information content (AvgIpc) is 2.87. The molecule has 0 unspecified atom stereocenters. The van der Waals surface area contributed by atoms with Gasteiger partial charge in [-0.05, 0) is 44.3 Å². The molecule has 9 nitrogen and oxygen atoms in total. The topological polar surface area (TPSA) is 94.1 Å². The van der Waals surface area contributed by atoms with Crippen molar-refractivity contribution in [3.63, 3.8) is 0 Å². The number of nitrogens with one attached hydrogen (secondary N) is 1. The van der Waals surface area contributed by atoms with Crippen molar-refractivity contribution in [1.82, 2.24) is 14.9 Å². The van der Waals surface area contributed by atoms with Crippen molar-refractivity contribution < 1.29 is 14.6 Å². The molecule has 0 spiro atoms. The molecular weight excluding hydrogens is 503 g/mol. The van der Waals surface area contributed by atoms with Gasteiger partial charge in [0.25, 0.3) is 5.91 Å². The van der Waals surface area contributed by atoms with Gasteiger partial charge in [-0.15, -0.1) is 0 Å². The van der Waals surface area contributed by atoms with Gasteiger partial charge in [0.1, 0.15) is 5.56 Å². The van der Waals surface area contributed by atoms with Gasteiger partial charge in [0.2, 0.25) is 11.8 Å². The second-order valence-corrected chi connectivity index (χ2v) is 9.71. The molecule has 0 radical (unpaired) electrons. The molecule has 3 aromatic rings. The molecular formula is C25H26Cl2N6O3. The third-order valence-electron chi connectivity index (χ3n) is 6.57. The fraction of sp³-hybridized carbons (Fsp3) is 0.320. The number of likely N-dealkylation sites (N-methyl/N-ethyl adjacent to an activating group) is 1. The Labute approximate surface area is 219 Å². The van der Waals surface area contributed by atoms with E-state index in [-0.39, 0.29) is 36.6 Å². The number of para-hydroxylation sites is 1. The van der Waals surface area contributed by atoms with E-state index in [4.69, 9.17) is 27.9 Å². The highest BCUT2D eigenvalue weighted by Crippen LogP contribution is 2.37. The number of nitrogens with zero attached hydrogens (tertiary/aromatic N) is 5. The van der Waals surface area contributed by atoms with Crippen LogP contribution in [0.15, 0.2) is 42.6 Å². The number of aliphatic hydroxyl groups excluding tert-OH is 1. The van der Waals surface area contributed by atoms with E-state index >= 15 is 0 Å². The molecule has 1 saturated heterocycles. The van der Waals surface area contributed by atoms with Crippen molar-refractivity contribution in [2.45, 2.75) is 19.6 Å². The van der Waals surface area contributed by atoms with Crippen molar-refractivity contribution in [2.75, 3.05) is 48.5 Å². The summed E-state index contributed by atoms with van der Waals surface area (Å²) in [6.07, 6.45) is 1.41. The Kier molecular flexibility index (Phi) is 6.90. The van der Waals surface area contributed by atoms with Crippen LogP contribution in [0.3, 0.4) is 0 Å². The maximum atomic E-state index is 13.1. The van der Waals surface area contributed by atoms with Gasteiger partial charge >= 0.3 is 0 Å². The second kappa shape index (κ2) is 10.1. The molecule has 1 fully saturated rings. The van der Waals surface area contributed by atoms with Crippen LogP contribution in [0, 0.1) is 0 Å². The maximum absolute atomic E-state index is 13.1. The first-order chi connectivity index (χ1) is 17.4. The molecule has 1 amide bonds. The van der Waals surface area contributed by atoms with E-state index < -0.39 is 0 Å². The van der Waals surface area contributed by atoms with Gasteiger partial charge < -0.3 is 25.0 Å². The lowest BCUT2D eigenvalue weighted by Gasteiger charge is -2.39. The number of piperazine rings is 1. The van der Waals surface area contributed by atoms with Gasteiger partial charge in [-0.3, -0.25) is 9.69 Å². The Bertz CT molecular complexity index is 1290. The first kappa shape index (κ1) is 24.6. The number of hydrogen-bond donors (Lipinski definition) is 2. The Morgan fingerprint density at radius 3 is 2.69 bits per heavy atom. The number of carbonyl (C=O) groups excluding carboxylic acids is 1.